The molecule has 0 aromatic heterocycles. The zero-order chi connectivity index (χ0) is 19.3. The molecule has 3 aliphatic rings. The van der Waals surface area contributed by atoms with E-state index in [1.165, 1.54) is 4.90 Å². The van der Waals surface area contributed by atoms with Crippen LogP contribution >= 0.6 is 0 Å². The van der Waals surface area contributed by atoms with E-state index in [1.807, 2.05) is 31.2 Å². The van der Waals surface area contributed by atoms with E-state index in [0.717, 1.165) is 34.9 Å². The van der Waals surface area contributed by atoms with Crippen LogP contribution in [0.4, 0.5) is 0 Å². The molecule has 5 rings (SSSR count). The van der Waals surface area contributed by atoms with E-state index in [1.54, 1.807) is 24.3 Å². The Morgan fingerprint density at radius 2 is 1.86 bits per heavy atom. The first-order chi connectivity index (χ1) is 13.6. The minimum atomic E-state index is -0.217. The number of benzene rings is 2. The van der Waals surface area contributed by atoms with Crippen LogP contribution in [0.1, 0.15) is 44.2 Å². The van der Waals surface area contributed by atoms with Crippen LogP contribution in [-0.4, -0.2) is 29.8 Å². The lowest BCUT2D eigenvalue weighted by Crippen LogP contribution is -2.34. The molecule has 2 amide bonds. The average Bonchev–Trinajstić information content (AvgIpc) is 2.86. The van der Waals surface area contributed by atoms with Gasteiger partial charge in [-0.25, -0.2) is 0 Å². The van der Waals surface area contributed by atoms with Gasteiger partial charge in [0.2, 0.25) is 0 Å². The van der Waals surface area contributed by atoms with Crippen LogP contribution in [0, 0.1) is 6.92 Å². The summed E-state index contributed by atoms with van der Waals surface area (Å²) >= 11 is 0. The second-order valence-electron chi connectivity index (χ2n) is 7.44. The molecule has 5 heteroatoms. The van der Waals surface area contributed by atoms with Crippen molar-refractivity contribution in [2.75, 3.05) is 13.1 Å². The molecule has 1 atom stereocenters. The van der Waals surface area contributed by atoms with Crippen molar-refractivity contribution >= 4 is 11.8 Å². The number of fused-ring (bicyclic) bond motifs is 2. The van der Waals surface area contributed by atoms with Crippen molar-refractivity contribution in [3.8, 4) is 5.75 Å². The summed E-state index contributed by atoms with van der Waals surface area (Å²) in [7, 11) is 0. The minimum absolute atomic E-state index is 0.0383. The molecule has 2 aromatic rings. The average molecular weight is 372 g/mol. The van der Waals surface area contributed by atoms with E-state index in [4.69, 9.17) is 4.74 Å². The number of hydrogen-bond acceptors (Lipinski definition) is 4. The van der Waals surface area contributed by atoms with Gasteiger partial charge in [-0.2, -0.15) is 0 Å². The van der Waals surface area contributed by atoms with Gasteiger partial charge in [-0.05, 0) is 37.6 Å². The smallest absolute Gasteiger partial charge is 0.261 e. The number of amides is 2. The van der Waals surface area contributed by atoms with Gasteiger partial charge in [-0.3, -0.25) is 14.5 Å². The standard InChI is InChI=1S/C23H20N2O3/c1-14-8-9-20-18(11-14)15(12-19-21(28-20)7-4-10-24-19)13-25-22(26)16-5-2-3-6-17(16)23(25)27/h2-9,11,15,24H,10,12-13H2,1H3. The lowest BCUT2D eigenvalue weighted by Gasteiger charge is -2.24. The summed E-state index contributed by atoms with van der Waals surface area (Å²) in [5.41, 5.74) is 4.14. The second kappa shape index (κ2) is 6.37. The monoisotopic (exact) mass is 372 g/mol. The van der Waals surface area contributed by atoms with Crippen LogP contribution in [0.3, 0.4) is 0 Å². The molecule has 0 radical (unpaired) electrons. The number of allylic oxidation sites excluding steroid dienone is 2. The predicted octanol–water partition coefficient (Wildman–Crippen LogP) is 3.53. The Hall–Kier alpha value is -3.34. The van der Waals surface area contributed by atoms with Crippen LogP contribution in [0.5, 0.6) is 5.75 Å². The van der Waals surface area contributed by atoms with Crippen molar-refractivity contribution in [2.45, 2.75) is 19.3 Å². The van der Waals surface area contributed by atoms with Crippen LogP contribution < -0.4 is 10.1 Å². The number of hydrogen-bond donors (Lipinski definition) is 1. The van der Waals surface area contributed by atoms with Gasteiger partial charge in [-0.1, -0.05) is 35.9 Å². The highest BCUT2D eigenvalue weighted by Gasteiger charge is 2.38. The summed E-state index contributed by atoms with van der Waals surface area (Å²) in [5.74, 6) is 1.12. The molecule has 1 N–H and O–H groups in total. The number of carbonyl (C=O) groups excluding carboxylic acids is 2. The molecule has 3 heterocycles. The molecule has 0 saturated heterocycles. The fourth-order valence-electron chi connectivity index (χ4n) is 4.15. The molecule has 5 nitrogen and oxygen atoms in total. The maximum Gasteiger partial charge on any atom is 0.261 e. The summed E-state index contributed by atoms with van der Waals surface area (Å²) in [6.45, 7) is 3.11. The maximum atomic E-state index is 12.9. The quantitative estimate of drug-likeness (QED) is 0.820. The molecule has 1 unspecified atom stereocenters. The Kier molecular flexibility index (Phi) is 3.83. The van der Waals surface area contributed by atoms with E-state index in [0.29, 0.717) is 24.1 Å². The third kappa shape index (κ3) is 2.62. The number of dihydropyridines is 1. The topological polar surface area (TPSA) is 58.6 Å². The van der Waals surface area contributed by atoms with Crippen molar-refractivity contribution < 1.29 is 14.3 Å². The molecule has 3 aliphatic heterocycles. The number of imide groups is 1. The Bertz CT molecular complexity index is 1030. The predicted molar refractivity (Wildman–Crippen MR) is 105 cm³/mol. The van der Waals surface area contributed by atoms with Crippen molar-refractivity contribution in [2.24, 2.45) is 0 Å². The number of nitrogens with one attached hydrogen (secondary N) is 1. The molecule has 0 bridgehead atoms. The van der Waals surface area contributed by atoms with Crippen molar-refractivity contribution in [1.29, 1.82) is 0 Å². The highest BCUT2D eigenvalue weighted by atomic mass is 16.5. The first-order valence-corrected chi connectivity index (χ1v) is 9.49. The first-order valence-electron chi connectivity index (χ1n) is 9.49. The summed E-state index contributed by atoms with van der Waals surface area (Å²) < 4.78 is 6.17. The largest absolute Gasteiger partial charge is 0.455 e. The molecule has 0 aliphatic carbocycles. The summed E-state index contributed by atoms with van der Waals surface area (Å²) in [4.78, 5) is 27.1. The van der Waals surface area contributed by atoms with Crippen molar-refractivity contribution in [3.05, 3.63) is 88.3 Å². The van der Waals surface area contributed by atoms with Crippen molar-refractivity contribution in [3.63, 3.8) is 0 Å². The Morgan fingerprint density at radius 1 is 1.11 bits per heavy atom. The van der Waals surface area contributed by atoms with Crippen LogP contribution in [-0.2, 0) is 0 Å². The fraction of sp³-hybridized carbons (Fsp3) is 0.217. The SMILES string of the molecule is Cc1ccc2c(c1)C(CN1C(=O)c3ccccc3C1=O)CC1=C(C=CCN1)O2. The van der Waals surface area contributed by atoms with E-state index < -0.39 is 0 Å². The third-order valence-electron chi connectivity index (χ3n) is 5.56. The third-order valence-corrected chi connectivity index (χ3v) is 5.56. The van der Waals surface area contributed by atoms with E-state index in [2.05, 4.69) is 11.4 Å². The number of rotatable bonds is 2. The lowest BCUT2D eigenvalue weighted by molar-refractivity contribution is 0.0643. The van der Waals surface area contributed by atoms with Crippen LogP contribution in [0.25, 0.3) is 0 Å². The zero-order valence-corrected chi connectivity index (χ0v) is 15.6. The fourth-order valence-corrected chi connectivity index (χ4v) is 4.15. The van der Waals surface area contributed by atoms with Crippen molar-refractivity contribution in [1.82, 2.24) is 10.2 Å². The van der Waals surface area contributed by atoms with Gasteiger partial charge in [0.25, 0.3) is 11.8 Å². The Balaban J connectivity index is 1.53. The van der Waals surface area contributed by atoms with Crippen LogP contribution in [0.2, 0.25) is 0 Å². The Morgan fingerprint density at radius 3 is 2.61 bits per heavy atom. The summed E-state index contributed by atoms with van der Waals surface area (Å²) in [6, 6.07) is 13.1. The van der Waals surface area contributed by atoms with Gasteiger partial charge >= 0.3 is 0 Å². The van der Waals surface area contributed by atoms with Crippen LogP contribution in [0.15, 0.2) is 66.1 Å². The summed E-state index contributed by atoms with van der Waals surface area (Å²) in [5, 5.41) is 3.38. The lowest BCUT2D eigenvalue weighted by atomic mass is 9.91. The number of nitrogens with zero attached hydrogens (tertiary/aromatic N) is 1. The molecule has 0 spiro atoms. The molecule has 140 valence electrons. The van der Waals surface area contributed by atoms with Gasteiger partial charge in [0.15, 0.2) is 0 Å². The minimum Gasteiger partial charge on any atom is -0.455 e. The number of ether oxygens (including phenoxy) is 1. The molecular weight excluding hydrogens is 352 g/mol. The van der Waals surface area contributed by atoms with Gasteiger partial charge < -0.3 is 10.1 Å². The molecule has 0 saturated carbocycles. The molecular formula is C23H20N2O3. The first kappa shape index (κ1) is 16.8. The Labute approximate surface area is 163 Å². The molecule has 0 fully saturated rings. The van der Waals surface area contributed by atoms with E-state index in [-0.39, 0.29) is 17.7 Å². The van der Waals surface area contributed by atoms with E-state index >= 15 is 0 Å². The highest BCUT2D eigenvalue weighted by molar-refractivity contribution is 6.21. The van der Waals surface area contributed by atoms with Gasteiger partial charge in [0.05, 0.1) is 16.8 Å². The van der Waals surface area contributed by atoms with Gasteiger partial charge in [-0.15, -0.1) is 0 Å². The van der Waals surface area contributed by atoms with E-state index in [9.17, 15) is 9.59 Å². The second-order valence-corrected chi connectivity index (χ2v) is 7.44. The molecule has 28 heavy (non-hydrogen) atoms. The maximum absolute atomic E-state index is 12.9. The zero-order valence-electron chi connectivity index (χ0n) is 15.6. The van der Waals surface area contributed by atoms with Gasteiger partial charge in [0.1, 0.15) is 11.5 Å². The highest BCUT2D eigenvalue weighted by Crippen LogP contribution is 2.39. The number of aryl methyl sites for hydroxylation is 1. The number of carbonyl (C=O) groups is 2. The van der Waals surface area contributed by atoms with Gasteiger partial charge in [0, 0.05) is 24.6 Å². The summed E-state index contributed by atoms with van der Waals surface area (Å²) in [6.07, 6.45) is 4.70. The molecule has 2 aromatic carbocycles. The normalized spacial score (nSPS) is 20.2.